The number of halogens is 5. The van der Waals surface area contributed by atoms with Crippen LogP contribution in [0, 0.1) is 47.5 Å². The fourth-order valence-corrected chi connectivity index (χ4v) is 2.57. The van der Waals surface area contributed by atoms with Crippen LogP contribution in [-0.4, -0.2) is 20.5 Å². The molecule has 3 rings (SSSR count). The fraction of sp³-hybridized carbons (Fsp3) is 0.0588. The van der Waals surface area contributed by atoms with E-state index in [0.29, 0.717) is 0 Å². The number of H-pyrrole nitrogens is 1. The summed E-state index contributed by atoms with van der Waals surface area (Å²) in [5.41, 5.74) is -5.41. The van der Waals surface area contributed by atoms with E-state index < -0.39 is 57.4 Å². The number of hydrogen-bond donors (Lipinski definition) is 1. The third-order valence-corrected chi connectivity index (χ3v) is 3.86. The molecule has 6 nitrogen and oxygen atoms in total. The first-order valence-corrected chi connectivity index (χ1v) is 7.43. The van der Waals surface area contributed by atoms with Crippen LogP contribution in [0.3, 0.4) is 0 Å². The van der Waals surface area contributed by atoms with Crippen LogP contribution in [0.2, 0.25) is 0 Å². The molecule has 2 aromatic heterocycles. The van der Waals surface area contributed by atoms with Crippen LogP contribution < -0.4 is 5.56 Å². The number of nitrogens with zero attached hydrogens (tertiary/aromatic N) is 3. The molecule has 0 aliphatic rings. The largest absolute Gasteiger partial charge is 0.294 e. The maximum atomic E-state index is 14.2. The molecule has 0 saturated carbocycles. The molecule has 0 radical (unpaired) electrons. The summed E-state index contributed by atoms with van der Waals surface area (Å²) in [5.74, 6) is -10.0. The van der Waals surface area contributed by atoms with Crippen LogP contribution in [0.1, 0.15) is 27.2 Å². The highest BCUT2D eigenvalue weighted by Gasteiger charge is 2.30. The van der Waals surface area contributed by atoms with Gasteiger partial charge in [-0.15, -0.1) is 0 Å². The van der Waals surface area contributed by atoms with Crippen molar-refractivity contribution in [2.45, 2.75) is 6.92 Å². The van der Waals surface area contributed by atoms with Gasteiger partial charge in [-0.05, 0) is 13.0 Å². The minimum atomic E-state index is -2.01. The van der Waals surface area contributed by atoms with Crippen LogP contribution in [0.4, 0.5) is 22.0 Å². The van der Waals surface area contributed by atoms with E-state index in [1.807, 2.05) is 0 Å². The molecule has 0 aliphatic carbocycles. The molecule has 0 spiro atoms. The van der Waals surface area contributed by atoms with Crippen molar-refractivity contribution in [3.8, 4) is 11.8 Å². The van der Waals surface area contributed by atoms with Crippen molar-refractivity contribution in [1.29, 1.82) is 5.26 Å². The van der Waals surface area contributed by atoms with Gasteiger partial charge >= 0.3 is 0 Å². The molecule has 2 heterocycles. The van der Waals surface area contributed by atoms with Gasteiger partial charge in [-0.25, -0.2) is 27.2 Å². The van der Waals surface area contributed by atoms with Gasteiger partial charge in [-0.2, -0.15) is 9.65 Å². The molecule has 11 heteroatoms. The van der Waals surface area contributed by atoms with E-state index in [4.69, 9.17) is 5.26 Å². The SMILES string of the molecule is Cc1[nH]n(-c2c(F)c(F)c(C#N)c(F)c2F)c(=O)c1C(=O)c1ccnc(F)c1. The normalized spacial score (nSPS) is 10.8. The van der Waals surface area contributed by atoms with Gasteiger partial charge in [-0.3, -0.25) is 14.7 Å². The number of aromatic amines is 1. The number of rotatable bonds is 3. The molecule has 0 atom stereocenters. The van der Waals surface area contributed by atoms with Crippen molar-refractivity contribution < 1.29 is 26.7 Å². The third-order valence-electron chi connectivity index (χ3n) is 3.86. The van der Waals surface area contributed by atoms with Crippen LogP contribution >= 0.6 is 0 Å². The van der Waals surface area contributed by atoms with Crippen molar-refractivity contribution in [3.05, 3.63) is 80.3 Å². The molecular weight excluding hydrogens is 387 g/mol. The van der Waals surface area contributed by atoms with E-state index in [9.17, 15) is 31.5 Å². The predicted octanol–water partition coefficient (Wildman–Crippen LogP) is 2.67. The summed E-state index contributed by atoms with van der Waals surface area (Å²) in [5, 5.41) is 10.8. The minimum absolute atomic E-state index is 0.0953. The van der Waals surface area contributed by atoms with Crippen molar-refractivity contribution >= 4 is 5.78 Å². The van der Waals surface area contributed by atoms with Gasteiger partial charge in [0.2, 0.25) is 11.7 Å². The highest BCUT2D eigenvalue weighted by atomic mass is 19.2. The molecule has 0 amide bonds. The molecule has 142 valence electrons. The zero-order chi connectivity index (χ0) is 20.7. The van der Waals surface area contributed by atoms with E-state index in [-0.39, 0.29) is 15.9 Å². The van der Waals surface area contributed by atoms with Crippen molar-refractivity contribution in [1.82, 2.24) is 14.8 Å². The van der Waals surface area contributed by atoms with Crippen molar-refractivity contribution in [2.75, 3.05) is 0 Å². The van der Waals surface area contributed by atoms with Gasteiger partial charge < -0.3 is 0 Å². The Labute approximate surface area is 152 Å². The van der Waals surface area contributed by atoms with E-state index in [1.54, 1.807) is 0 Å². The Bertz CT molecular complexity index is 1210. The molecule has 0 fully saturated rings. The third kappa shape index (κ3) is 2.75. The van der Waals surface area contributed by atoms with Crippen LogP contribution in [0.5, 0.6) is 0 Å². The Balaban J connectivity index is 2.26. The monoisotopic (exact) mass is 394 g/mol. The summed E-state index contributed by atoms with van der Waals surface area (Å²) < 4.78 is 69.4. The average molecular weight is 394 g/mol. The maximum absolute atomic E-state index is 14.2. The highest BCUT2D eigenvalue weighted by Crippen LogP contribution is 2.26. The summed E-state index contributed by atoms with van der Waals surface area (Å²) in [6, 6.07) is 2.81. The summed E-state index contributed by atoms with van der Waals surface area (Å²) in [4.78, 5) is 28.3. The molecule has 0 aliphatic heterocycles. The highest BCUT2D eigenvalue weighted by molar-refractivity contribution is 6.09. The number of hydrogen-bond acceptors (Lipinski definition) is 4. The average Bonchev–Trinajstić information content (AvgIpc) is 2.94. The lowest BCUT2D eigenvalue weighted by Crippen LogP contribution is -2.24. The molecule has 3 aromatic rings. The Hall–Kier alpha value is -3.81. The lowest BCUT2D eigenvalue weighted by molar-refractivity contribution is 0.103. The van der Waals surface area contributed by atoms with Crippen molar-refractivity contribution in [2.24, 2.45) is 0 Å². The van der Waals surface area contributed by atoms with E-state index >= 15 is 0 Å². The van der Waals surface area contributed by atoms with Crippen LogP contribution in [0.15, 0.2) is 23.1 Å². The van der Waals surface area contributed by atoms with Crippen LogP contribution in [0.25, 0.3) is 5.69 Å². The zero-order valence-corrected chi connectivity index (χ0v) is 13.8. The number of nitrogens with one attached hydrogen (secondary N) is 1. The van der Waals surface area contributed by atoms with Gasteiger partial charge in [-0.1, -0.05) is 0 Å². The van der Waals surface area contributed by atoms with E-state index in [2.05, 4.69) is 10.1 Å². The van der Waals surface area contributed by atoms with Gasteiger partial charge in [0, 0.05) is 23.5 Å². The fourth-order valence-electron chi connectivity index (χ4n) is 2.57. The summed E-state index contributed by atoms with van der Waals surface area (Å²) in [6.45, 7) is 1.19. The van der Waals surface area contributed by atoms with Gasteiger partial charge in [0.1, 0.15) is 22.9 Å². The topological polar surface area (TPSA) is 91.5 Å². The number of carbonyl (C=O) groups is 1. The maximum Gasteiger partial charge on any atom is 0.282 e. The number of nitriles is 1. The molecule has 1 aromatic carbocycles. The standard InChI is InChI=1S/C17H7F5N4O2/c1-6-10(16(27)7-2-3-24-9(18)4-7)17(28)26(25-6)15-13(21)11(19)8(5-23)12(20)14(15)22/h2-4,25H,1H3. The quantitative estimate of drug-likeness (QED) is 0.320. The summed E-state index contributed by atoms with van der Waals surface area (Å²) >= 11 is 0. The van der Waals surface area contributed by atoms with E-state index in [0.717, 1.165) is 24.4 Å². The second-order valence-corrected chi connectivity index (χ2v) is 5.54. The van der Waals surface area contributed by atoms with Gasteiger partial charge in [0.25, 0.3) is 5.56 Å². The molecule has 0 unspecified atom stereocenters. The molecule has 0 saturated heterocycles. The summed E-state index contributed by atoms with van der Waals surface area (Å²) in [6.07, 6.45) is 0.966. The first-order chi connectivity index (χ1) is 13.2. The second-order valence-electron chi connectivity index (χ2n) is 5.54. The van der Waals surface area contributed by atoms with E-state index in [1.165, 1.54) is 6.92 Å². The number of carbonyl (C=O) groups excluding carboxylic acids is 1. The smallest absolute Gasteiger partial charge is 0.282 e. The van der Waals surface area contributed by atoms with Crippen LogP contribution in [-0.2, 0) is 0 Å². The Morgan fingerprint density at radius 1 is 1.14 bits per heavy atom. The molecular formula is C17H7F5N4O2. The molecule has 0 bridgehead atoms. The number of aryl methyl sites for hydroxylation is 1. The number of benzene rings is 1. The first kappa shape index (κ1) is 19.0. The lowest BCUT2D eigenvalue weighted by Gasteiger charge is -2.08. The zero-order valence-electron chi connectivity index (χ0n) is 13.8. The molecule has 28 heavy (non-hydrogen) atoms. The second kappa shape index (κ2) is 6.73. The number of ketones is 1. The predicted molar refractivity (Wildman–Crippen MR) is 83.3 cm³/mol. The summed E-state index contributed by atoms with van der Waals surface area (Å²) in [7, 11) is 0. The number of pyridine rings is 1. The first-order valence-electron chi connectivity index (χ1n) is 7.43. The van der Waals surface area contributed by atoms with Gasteiger partial charge in [0.15, 0.2) is 23.3 Å². The molecule has 1 N–H and O–H groups in total. The Kier molecular flexibility index (Phi) is 4.56. The minimum Gasteiger partial charge on any atom is -0.294 e. The Morgan fingerprint density at radius 3 is 2.29 bits per heavy atom. The van der Waals surface area contributed by atoms with Crippen molar-refractivity contribution in [3.63, 3.8) is 0 Å². The van der Waals surface area contributed by atoms with Gasteiger partial charge in [0.05, 0.1) is 0 Å². The lowest BCUT2D eigenvalue weighted by atomic mass is 10.1. The number of aromatic nitrogens is 3. The Morgan fingerprint density at radius 2 is 1.75 bits per heavy atom.